The van der Waals surface area contributed by atoms with Crippen LogP contribution in [0.15, 0.2) is 22.9 Å². The molecule has 1 saturated heterocycles. The van der Waals surface area contributed by atoms with Crippen molar-refractivity contribution in [2.45, 2.75) is 0 Å². The van der Waals surface area contributed by atoms with Crippen LogP contribution in [0.4, 0.5) is 5.69 Å². The molecule has 0 aliphatic carbocycles. The fourth-order valence-corrected chi connectivity index (χ4v) is 2.52. The summed E-state index contributed by atoms with van der Waals surface area (Å²) in [5.74, 6) is 2.32. The molecule has 0 bridgehead atoms. The van der Waals surface area contributed by atoms with Gasteiger partial charge in [-0.05, 0) is 22.0 Å². The van der Waals surface area contributed by atoms with E-state index in [2.05, 4.69) is 31.9 Å². The summed E-state index contributed by atoms with van der Waals surface area (Å²) >= 11 is 5.38. The lowest BCUT2D eigenvalue weighted by molar-refractivity contribution is 0.984. The van der Waals surface area contributed by atoms with Gasteiger partial charge in [-0.2, -0.15) is 0 Å². The van der Waals surface area contributed by atoms with E-state index in [0.29, 0.717) is 0 Å². The van der Waals surface area contributed by atoms with E-state index in [1.807, 2.05) is 24.2 Å². The van der Waals surface area contributed by atoms with Crippen molar-refractivity contribution in [2.24, 2.45) is 0 Å². The lowest BCUT2D eigenvalue weighted by Gasteiger charge is -2.15. The summed E-state index contributed by atoms with van der Waals surface area (Å²) in [7, 11) is 0. The highest BCUT2D eigenvalue weighted by molar-refractivity contribution is 9.10. The molecule has 0 spiro atoms. The summed E-state index contributed by atoms with van der Waals surface area (Å²) in [5, 5.41) is 0. The van der Waals surface area contributed by atoms with Crippen molar-refractivity contribution in [2.75, 3.05) is 23.1 Å². The molecule has 1 aromatic rings. The molecule has 1 fully saturated rings. The summed E-state index contributed by atoms with van der Waals surface area (Å²) in [5.41, 5.74) is 1.22. The summed E-state index contributed by atoms with van der Waals surface area (Å²) in [6.07, 6.45) is 3.73. The second-order valence-corrected chi connectivity index (χ2v) is 4.65. The van der Waals surface area contributed by atoms with Crippen molar-refractivity contribution in [3.8, 4) is 0 Å². The van der Waals surface area contributed by atoms with Crippen LogP contribution in [0.5, 0.6) is 0 Å². The molecule has 0 atom stereocenters. The summed E-state index contributed by atoms with van der Waals surface area (Å²) in [6, 6.07) is 2.11. The Hall–Kier alpha value is -0.220. The smallest absolute Gasteiger partial charge is 0.0641 e. The van der Waals surface area contributed by atoms with Crippen LogP contribution in [0, 0.1) is 0 Å². The average molecular weight is 245 g/mol. The van der Waals surface area contributed by atoms with Gasteiger partial charge in [0.25, 0.3) is 0 Å². The van der Waals surface area contributed by atoms with Gasteiger partial charge >= 0.3 is 0 Å². The van der Waals surface area contributed by atoms with Gasteiger partial charge in [0.15, 0.2) is 0 Å². The lowest BCUT2D eigenvalue weighted by atomic mass is 10.4. The van der Waals surface area contributed by atoms with Gasteiger partial charge in [0.05, 0.1) is 17.8 Å². The number of hydrogen-bond donors (Lipinski definition) is 0. The van der Waals surface area contributed by atoms with Crippen molar-refractivity contribution in [3.05, 3.63) is 22.9 Å². The maximum Gasteiger partial charge on any atom is 0.0641 e. The molecule has 4 heteroatoms. The molecule has 0 radical (unpaired) electrons. The van der Waals surface area contributed by atoms with E-state index in [9.17, 15) is 0 Å². The SMILES string of the molecule is Brc1cncc(N2CCSC2)c1. The molecule has 0 aromatic carbocycles. The first-order valence-corrected chi connectivity index (χ1v) is 5.74. The Balaban J connectivity index is 2.21. The van der Waals surface area contributed by atoms with E-state index in [4.69, 9.17) is 0 Å². The maximum absolute atomic E-state index is 4.13. The molecule has 64 valence electrons. The molecule has 1 aromatic heterocycles. The monoisotopic (exact) mass is 244 g/mol. The predicted molar refractivity (Wildman–Crippen MR) is 56.6 cm³/mol. The summed E-state index contributed by atoms with van der Waals surface area (Å²) in [4.78, 5) is 6.47. The van der Waals surface area contributed by atoms with Crippen LogP contribution in [0.3, 0.4) is 0 Å². The Kier molecular flexibility index (Phi) is 2.56. The molecule has 0 amide bonds. The number of anilines is 1. The third kappa shape index (κ3) is 1.75. The molecule has 2 nitrogen and oxygen atoms in total. The lowest BCUT2D eigenvalue weighted by Crippen LogP contribution is -2.17. The summed E-state index contributed by atoms with van der Waals surface area (Å²) < 4.78 is 1.05. The molecule has 0 N–H and O–H groups in total. The van der Waals surface area contributed by atoms with Crippen molar-refractivity contribution >= 4 is 33.4 Å². The van der Waals surface area contributed by atoms with E-state index < -0.39 is 0 Å². The van der Waals surface area contributed by atoms with Crippen molar-refractivity contribution in [1.29, 1.82) is 0 Å². The fraction of sp³-hybridized carbons (Fsp3) is 0.375. The zero-order valence-corrected chi connectivity index (χ0v) is 8.94. The third-order valence-electron chi connectivity index (χ3n) is 1.81. The number of thioether (sulfide) groups is 1. The number of nitrogens with zero attached hydrogens (tertiary/aromatic N) is 2. The van der Waals surface area contributed by atoms with Crippen molar-refractivity contribution < 1.29 is 0 Å². The molecular formula is C8H9BrN2S. The van der Waals surface area contributed by atoms with E-state index >= 15 is 0 Å². The Morgan fingerprint density at radius 3 is 3.08 bits per heavy atom. The topological polar surface area (TPSA) is 16.1 Å². The van der Waals surface area contributed by atoms with Gasteiger partial charge in [0.2, 0.25) is 0 Å². The fourth-order valence-electron chi connectivity index (χ4n) is 1.19. The minimum absolute atomic E-state index is 1.05. The maximum atomic E-state index is 4.13. The van der Waals surface area contributed by atoms with Crippen LogP contribution in [0.2, 0.25) is 0 Å². The number of pyridine rings is 1. The molecule has 12 heavy (non-hydrogen) atoms. The predicted octanol–water partition coefficient (Wildman–Crippen LogP) is 2.35. The van der Waals surface area contributed by atoms with Crippen LogP contribution in [0.25, 0.3) is 0 Å². The Morgan fingerprint density at radius 1 is 1.50 bits per heavy atom. The first kappa shape index (κ1) is 8.38. The zero-order chi connectivity index (χ0) is 8.39. The average Bonchev–Trinajstić information content (AvgIpc) is 2.56. The van der Waals surface area contributed by atoms with E-state index in [1.54, 1.807) is 0 Å². The van der Waals surface area contributed by atoms with Gasteiger partial charge in [-0.15, -0.1) is 11.8 Å². The van der Waals surface area contributed by atoms with Gasteiger partial charge < -0.3 is 4.90 Å². The Morgan fingerprint density at radius 2 is 2.42 bits per heavy atom. The van der Waals surface area contributed by atoms with E-state index in [1.165, 1.54) is 11.4 Å². The molecular weight excluding hydrogens is 236 g/mol. The number of hydrogen-bond acceptors (Lipinski definition) is 3. The second kappa shape index (κ2) is 3.66. The highest BCUT2D eigenvalue weighted by atomic mass is 79.9. The van der Waals surface area contributed by atoms with Crippen LogP contribution in [-0.2, 0) is 0 Å². The molecule has 1 aliphatic heterocycles. The molecule has 0 unspecified atom stereocenters. The molecule has 2 heterocycles. The van der Waals surface area contributed by atoms with Crippen LogP contribution < -0.4 is 4.90 Å². The minimum Gasteiger partial charge on any atom is -0.360 e. The third-order valence-corrected chi connectivity index (χ3v) is 3.21. The highest BCUT2D eigenvalue weighted by Crippen LogP contribution is 2.23. The standard InChI is InChI=1S/C8H9BrN2S/c9-7-3-8(5-10-4-7)11-1-2-12-6-11/h3-5H,1-2,6H2. The van der Waals surface area contributed by atoms with Crippen molar-refractivity contribution in [1.82, 2.24) is 4.98 Å². The van der Waals surface area contributed by atoms with Gasteiger partial charge in [-0.1, -0.05) is 0 Å². The van der Waals surface area contributed by atoms with Gasteiger partial charge in [0.1, 0.15) is 0 Å². The number of halogens is 1. The Labute approximate surface area is 84.5 Å². The van der Waals surface area contributed by atoms with Gasteiger partial charge in [-0.25, -0.2) is 0 Å². The number of rotatable bonds is 1. The molecule has 0 saturated carbocycles. The highest BCUT2D eigenvalue weighted by Gasteiger charge is 2.12. The van der Waals surface area contributed by atoms with Crippen LogP contribution in [0.1, 0.15) is 0 Å². The second-order valence-electron chi connectivity index (χ2n) is 2.66. The largest absolute Gasteiger partial charge is 0.360 e. The Bertz CT molecular complexity index is 274. The first-order valence-electron chi connectivity index (χ1n) is 3.79. The molecule has 1 aliphatic rings. The normalized spacial score (nSPS) is 16.9. The number of aromatic nitrogens is 1. The van der Waals surface area contributed by atoms with Crippen molar-refractivity contribution in [3.63, 3.8) is 0 Å². The minimum atomic E-state index is 1.05. The molecule has 2 rings (SSSR count). The first-order chi connectivity index (χ1) is 5.86. The quantitative estimate of drug-likeness (QED) is 0.755. The van der Waals surface area contributed by atoms with E-state index in [-0.39, 0.29) is 0 Å². The zero-order valence-electron chi connectivity index (χ0n) is 6.53. The van der Waals surface area contributed by atoms with Gasteiger partial charge in [-0.3, -0.25) is 4.98 Å². The van der Waals surface area contributed by atoms with Gasteiger partial charge in [0, 0.05) is 23.0 Å². The van der Waals surface area contributed by atoms with Crippen LogP contribution in [-0.4, -0.2) is 23.2 Å². The summed E-state index contributed by atoms with van der Waals surface area (Å²) in [6.45, 7) is 1.14. The van der Waals surface area contributed by atoms with E-state index in [0.717, 1.165) is 16.9 Å². The van der Waals surface area contributed by atoms with Crippen LogP contribution >= 0.6 is 27.7 Å².